The monoisotopic (exact) mass is 277 g/mol. The zero-order chi connectivity index (χ0) is 14.5. The molecule has 0 saturated carbocycles. The summed E-state index contributed by atoms with van der Waals surface area (Å²) < 4.78 is 10.3. The fourth-order valence-electron chi connectivity index (χ4n) is 2.28. The van der Waals surface area contributed by atoms with Gasteiger partial charge < -0.3 is 14.4 Å². The number of fused-ring (bicyclic) bond motifs is 2. The number of benzene rings is 1. The van der Waals surface area contributed by atoms with E-state index in [0.29, 0.717) is 16.9 Å². The van der Waals surface area contributed by atoms with Gasteiger partial charge >= 0.3 is 0 Å². The number of rotatable bonds is 2. The summed E-state index contributed by atoms with van der Waals surface area (Å²) in [7, 11) is 1.68. The zero-order valence-corrected chi connectivity index (χ0v) is 11.8. The molecule has 1 fully saturated rings. The van der Waals surface area contributed by atoms with Gasteiger partial charge in [-0.15, -0.1) is 0 Å². The first-order valence-corrected chi connectivity index (χ1v) is 6.77. The van der Waals surface area contributed by atoms with Gasteiger partial charge in [0, 0.05) is 32.2 Å². The second-order valence-electron chi connectivity index (χ2n) is 4.66. The van der Waals surface area contributed by atoms with E-state index in [0.717, 1.165) is 32.3 Å². The van der Waals surface area contributed by atoms with E-state index >= 15 is 0 Å². The van der Waals surface area contributed by atoms with Crippen LogP contribution in [0.3, 0.4) is 0 Å². The maximum atomic E-state index is 12.1. The molecule has 5 heteroatoms. The van der Waals surface area contributed by atoms with Crippen molar-refractivity contribution in [2.75, 3.05) is 20.3 Å². The van der Waals surface area contributed by atoms with Crippen LogP contribution < -0.4 is 4.74 Å². The predicted molar refractivity (Wildman–Crippen MR) is 74.1 cm³/mol. The standard InChI is InChI=1S/C12H11NO3.C3H8O/c14-7-8-3-4-9-10(6-8)16-11-2-1-5-13(11)12(9)15;1-3-4-2/h3-4,6-7,11H,1-2,5H2;3H2,1-2H3. The molecule has 2 aliphatic heterocycles. The molecule has 20 heavy (non-hydrogen) atoms. The van der Waals surface area contributed by atoms with Crippen LogP contribution in [0, 0.1) is 0 Å². The molecule has 0 spiro atoms. The molecule has 2 heterocycles. The number of aldehydes is 1. The van der Waals surface area contributed by atoms with E-state index in [1.807, 2.05) is 6.92 Å². The van der Waals surface area contributed by atoms with Crippen molar-refractivity contribution >= 4 is 12.2 Å². The molecule has 108 valence electrons. The molecule has 1 atom stereocenters. The largest absolute Gasteiger partial charge is 0.470 e. The van der Waals surface area contributed by atoms with Crippen LogP contribution in [-0.2, 0) is 4.74 Å². The molecule has 2 aliphatic rings. The van der Waals surface area contributed by atoms with Gasteiger partial charge in [-0.1, -0.05) is 6.07 Å². The molecule has 1 aromatic carbocycles. The van der Waals surface area contributed by atoms with Gasteiger partial charge in [0.2, 0.25) is 0 Å². The van der Waals surface area contributed by atoms with Crippen molar-refractivity contribution in [1.82, 2.24) is 4.90 Å². The van der Waals surface area contributed by atoms with Gasteiger partial charge in [0.1, 0.15) is 12.0 Å². The van der Waals surface area contributed by atoms with E-state index in [1.165, 1.54) is 0 Å². The third-order valence-electron chi connectivity index (χ3n) is 3.38. The summed E-state index contributed by atoms with van der Waals surface area (Å²) >= 11 is 0. The number of methoxy groups -OCH3 is 1. The summed E-state index contributed by atoms with van der Waals surface area (Å²) in [5, 5.41) is 0. The second-order valence-corrected chi connectivity index (χ2v) is 4.66. The molecule has 1 unspecified atom stereocenters. The first-order chi connectivity index (χ1) is 9.71. The third-order valence-corrected chi connectivity index (χ3v) is 3.38. The lowest BCUT2D eigenvalue weighted by atomic mass is 10.1. The van der Waals surface area contributed by atoms with E-state index in [4.69, 9.17) is 4.74 Å². The van der Waals surface area contributed by atoms with Gasteiger partial charge in [-0.25, -0.2) is 0 Å². The maximum Gasteiger partial charge on any atom is 0.260 e. The minimum atomic E-state index is -0.137. The predicted octanol–water partition coefficient (Wildman–Crippen LogP) is 2.11. The topological polar surface area (TPSA) is 55.8 Å². The number of carbonyl (C=O) groups excluding carboxylic acids is 2. The normalized spacial score (nSPS) is 19.4. The third kappa shape index (κ3) is 2.82. The highest BCUT2D eigenvalue weighted by molar-refractivity contribution is 5.99. The van der Waals surface area contributed by atoms with Crippen molar-refractivity contribution in [3.8, 4) is 5.75 Å². The van der Waals surface area contributed by atoms with Crippen LogP contribution in [0.2, 0.25) is 0 Å². The van der Waals surface area contributed by atoms with E-state index in [-0.39, 0.29) is 12.1 Å². The van der Waals surface area contributed by atoms with Crippen molar-refractivity contribution in [1.29, 1.82) is 0 Å². The number of nitrogens with zero attached hydrogens (tertiary/aromatic N) is 1. The zero-order valence-electron chi connectivity index (χ0n) is 11.8. The summed E-state index contributed by atoms with van der Waals surface area (Å²) in [6, 6.07) is 4.94. The van der Waals surface area contributed by atoms with Crippen LogP contribution in [0.4, 0.5) is 0 Å². The van der Waals surface area contributed by atoms with Crippen LogP contribution in [0.25, 0.3) is 0 Å². The van der Waals surface area contributed by atoms with Crippen LogP contribution in [0.15, 0.2) is 18.2 Å². The Morgan fingerprint density at radius 3 is 2.90 bits per heavy atom. The smallest absolute Gasteiger partial charge is 0.260 e. The number of hydrogen-bond donors (Lipinski definition) is 0. The molecule has 0 aromatic heterocycles. The van der Waals surface area contributed by atoms with Crippen molar-refractivity contribution in [2.24, 2.45) is 0 Å². The van der Waals surface area contributed by atoms with Crippen molar-refractivity contribution < 1.29 is 19.1 Å². The summed E-state index contributed by atoms with van der Waals surface area (Å²) in [4.78, 5) is 24.5. The van der Waals surface area contributed by atoms with Gasteiger partial charge in [-0.05, 0) is 25.5 Å². The molecule has 5 nitrogen and oxygen atoms in total. The fraction of sp³-hybridized carbons (Fsp3) is 0.467. The minimum absolute atomic E-state index is 0.0150. The average Bonchev–Trinajstić information content (AvgIpc) is 2.95. The Morgan fingerprint density at radius 2 is 2.25 bits per heavy atom. The molecule has 0 aliphatic carbocycles. The van der Waals surface area contributed by atoms with E-state index in [1.54, 1.807) is 30.2 Å². The summed E-state index contributed by atoms with van der Waals surface area (Å²) in [5.41, 5.74) is 1.10. The Labute approximate surface area is 118 Å². The lowest BCUT2D eigenvalue weighted by Crippen LogP contribution is -2.42. The summed E-state index contributed by atoms with van der Waals surface area (Å²) in [6.45, 7) is 3.54. The number of hydrogen-bond acceptors (Lipinski definition) is 4. The van der Waals surface area contributed by atoms with Crippen molar-refractivity contribution in [3.63, 3.8) is 0 Å². The first-order valence-electron chi connectivity index (χ1n) is 6.77. The molecular weight excluding hydrogens is 258 g/mol. The Hall–Kier alpha value is -1.88. The highest BCUT2D eigenvalue weighted by Crippen LogP contribution is 2.33. The van der Waals surface area contributed by atoms with Gasteiger partial charge in [-0.2, -0.15) is 0 Å². The minimum Gasteiger partial charge on any atom is -0.470 e. The molecule has 0 N–H and O–H groups in total. The van der Waals surface area contributed by atoms with Crippen LogP contribution in [0.5, 0.6) is 5.75 Å². The highest BCUT2D eigenvalue weighted by atomic mass is 16.5. The highest BCUT2D eigenvalue weighted by Gasteiger charge is 2.36. The molecule has 1 amide bonds. The molecule has 0 bridgehead atoms. The van der Waals surface area contributed by atoms with E-state index in [9.17, 15) is 9.59 Å². The molecule has 0 radical (unpaired) electrons. The Bertz CT molecular complexity index is 499. The van der Waals surface area contributed by atoms with E-state index < -0.39 is 0 Å². The fourth-order valence-corrected chi connectivity index (χ4v) is 2.28. The van der Waals surface area contributed by atoms with Crippen LogP contribution in [-0.4, -0.2) is 43.6 Å². The van der Waals surface area contributed by atoms with Gasteiger partial charge in [0.25, 0.3) is 5.91 Å². The SMILES string of the molecule is CCOC.O=Cc1ccc2c(c1)OC1CCCN1C2=O. The maximum absolute atomic E-state index is 12.1. The summed E-state index contributed by atoms with van der Waals surface area (Å²) in [6.07, 6.45) is 2.47. The number of amides is 1. The van der Waals surface area contributed by atoms with Crippen molar-refractivity contribution in [2.45, 2.75) is 26.0 Å². The van der Waals surface area contributed by atoms with Gasteiger partial charge in [-0.3, -0.25) is 9.59 Å². The van der Waals surface area contributed by atoms with E-state index in [2.05, 4.69) is 4.74 Å². The quantitative estimate of drug-likeness (QED) is 0.777. The summed E-state index contributed by atoms with van der Waals surface area (Å²) in [5.74, 6) is 0.555. The van der Waals surface area contributed by atoms with Gasteiger partial charge in [0.15, 0.2) is 6.23 Å². The average molecular weight is 277 g/mol. The van der Waals surface area contributed by atoms with Crippen molar-refractivity contribution in [3.05, 3.63) is 29.3 Å². The van der Waals surface area contributed by atoms with Gasteiger partial charge in [0.05, 0.1) is 5.56 Å². The van der Waals surface area contributed by atoms with Crippen LogP contribution >= 0.6 is 0 Å². The Morgan fingerprint density at radius 1 is 1.50 bits per heavy atom. The second kappa shape index (κ2) is 6.52. The number of carbonyl (C=O) groups is 2. The molecule has 1 aromatic rings. The Balaban J connectivity index is 0.000000328. The first kappa shape index (κ1) is 14.5. The molecular formula is C15H19NO4. The number of ether oxygens (including phenoxy) is 2. The Kier molecular flexibility index (Phi) is 4.74. The lowest BCUT2D eigenvalue weighted by Gasteiger charge is -2.31. The van der Waals surface area contributed by atoms with Crippen LogP contribution in [0.1, 0.15) is 40.5 Å². The molecule has 3 rings (SSSR count). The molecule has 1 saturated heterocycles. The lowest BCUT2D eigenvalue weighted by molar-refractivity contribution is 0.0293.